The Bertz CT molecular complexity index is 602. The van der Waals surface area contributed by atoms with Crippen LogP contribution in [-0.4, -0.2) is 12.2 Å². The largest absolute Gasteiger partial charge is 0.508 e. The van der Waals surface area contributed by atoms with Crippen molar-refractivity contribution in [1.82, 2.24) is 5.32 Å². The van der Waals surface area contributed by atoms with Crippen LogP contribution >= 0.6 is 0 Å². The normalized spacial score (nSPS) is 10.6. The quantitative estimate of drug-likeness (QED) is 0.884. The third-order valence-corrected chi connectivity index (χ3v) is 2.92. The first-order chi connectivity index (χ1) is 9.60. The molecule has 0 atom stereocenters. The molecule has 2 aromatic carbocycles. The van der Waals surface area contributed by atoms with Crippen molar-refractivity contribution in [2.24, 2.45) is 0 Å². The number of nitrogens with one attached hydrogen (secondary N) is 1. The van der Waals surface area contributed by atoms with Crippen molar-refractivity contribution in [3.05, 3.63) is 59.2 Å². The highest BCUT2D eigenvalue weighted by Gasteiger charge is 2.05. The van der Waals surface area contributed by atoms with Crippen molar-refractivity contribution >= 4 is 0 Å². The number of phenols is 1. The van der Waals surface area contributed by atoms with Crippen LogP contribution < -0.4 is 10.1 Å². The minimum absolute atomic E-state index is 0.156. The summed E-state index contributed by atoms with van der Waals surface area (Å²) in [5.74, 6) is -0.927. The van der Waals surface area contributed by atoms with Gasteiger partial charge >= 0.3 is 0 Å². The number of methoxy groups -OCH3 is 1. The van der Waals surface area contributed by atoms with Gasteiger partial charge in [0.2, 0.25) is 0 Å². The molecule has 0 fully saturated rings. The average molecular weight is 279 g/mol. The van der Waals surface area contributed by atoms with Gasteiger partial charge in [0.25, 0.3) is 0 Å². The Morgan fingerprint density at radius 1 is 1.05 bits per heavy atom. The van der Waals surface area contributed by atoms with Gasteiger partial charge in [-0.15, -0.1) is 0 Å². The van der Waals surface area contributed by atoms with Gasteiger partial charge in [-0.3, -0.25) is 0 Å². The lowest BCUT2D eigenvalue weighted by Crippen LogP contribution is -2.13. The lowest BCUT2D eigenvalue weighted by molar-refractivity contribution is 0.410. The maximum Gasteiger partial charge on any atom is 0.159 e. The third kappa shape index (κ3) is 3.45. The molecule has 0 spiro atoms. The van der Waals surface area contributed by atoms with Crippen LogP contribution in [0.3, 0.4) is 0 Å². The Labute approximate surface area is 115 Å². The van der Waals surface area contributed by atoms with Crippen molar-refractivity contribution in [1.29, 1.82) is 0 Å². The highest BCUT2D eigenvalue weighted by Crippen LogP contribution is 2.22. The van der Waals surface area contributed by atoms with Gasteiger partial charge in [0, 0.05) is 18.7 Å². The van der Waals surface area contributed by atoms with E-state index in [2.05, 4.69) is 5.32 Å². The molecule has 0 aliphatic rings. The molecule has 0 saturated carbocycles. The first-order valence-corrected chi connectivity index (χ1v) is 6.10. The van der Waals surface area contributed by atoms with Gasteiger partial charge in [-0.1, -0.05) is 6.07 Å². The summed E-state index contributed by atoms with van der Waals surface area (Å²) < 4.78 is 30.9. The number of ether oxygens (including phenoxy) is 1. The van der Waals surface area contributed by atoms with E-state index in [1.54, 1.807) is 25.3 Å². The SMILES string of the molecule is COc1ccc(O)c(CNCc2ccc(F)c(F)c2)c1. The van der Waals surface area contributed by atoms with Gasteiger partial charge in [-0.2, -0.15) is 0 Å². The molecule has 2 aromatic rings. The van der Waals surface area contributed by atoms with Gasteiger partial charge < -0.3 is 15.2 Å². The average Bonchev–Trinajstić information content (AvgIpc) is 2.45. The third-order valence-electron chi connectivity index (χ3n) is 2.92. The van der Waals surface area contributed by atoms with E-state index in [1.165, 1.54) is 6.07 Å². The number of aromatic hydroxyl groups is 1. The molecule has 106 valence electrons. The van der Waals surface area contributed by atoms with Gasteiger partial charge in [-0.05, 0) is 35.9 Å². The van der Waals surface area contributed by atoms with E-state index in [-0.39, 0.29) is 5.75 Å². The predicted octanol–water partition coefficient (Wildman–Crippen LogP) is 2.97. The monoisotopic (exact) mass is 279 g/mol. The van der Waals surface area contributed by atoms with Gasteiger partial charge in [0.1, 0.15) is 11.5 Å². The van der Waals surface area contributed by atoms with Crippen LogP contribution in [0.25, 0.3) is 0 Å². The smallest absolute Gasteiger partial charge is 0.159 e. The fourth-order valence-electron chi connectivity index (χ4n) is 1.82. The lowest BCUT2D eigenvalue weighted by atomic mass is 10.1. The molecular formula is C15H15F2NO2. The van der Waals surface area contributed by atoms with Crippen molar-refractivity contribution in [3.63, 3.8) is 0 Å². The van der Waals surface area contributed by atoms with Crippen molar-refractivity contribution in [2.45, 2.75) is 13.1 Å². The Morgan fingerprint density at radius 2 is 1.85 bits per heavy atom. The molecule has 0 saturated heterocycles. The molecule has 0 bridgehead atoms. The van der Waals surface area contributed by atoms with Crippen molar-refractivity contribution in [3.8, 4) is 11.5 Å². The summed E-state index contributed by atoms with van der Waals surface area (Å²) in [6, 6.07) is 8.68. The van der Waals surface area contributed by atoms with Crippen LogP contribution in [0.2, 0.25) is 0 Å². The molecular weight excluding hydrogens is 264 g/mol. The summed E-state index contributed by atoms with van der Waals surface area (Å²) in [4.78, 5) is 0. The number of hydrogen-bond acceptors (Lipinski definition) is 3. The Morgan fingerprint density at radius 3 is 2.55 bits per heavy atom. The Balaban J connectivity index is 1.97. The highest BCUT2D eigenvalue weighted by molar-refractivity contribution is 5.39. The summed E-state index contributed by atoms with van der Waals surface area (Å²) in [5, 5.41) is 12.8. The van der Waals surface area contributed by atoms with E-state index in [0.29, 0.717) is 30.0 Å². The standard InChI is InChI=1S/C15H15F2NO2/c1-20-12-3-5-15(19)11(7-12)9-18-8-10-2-4-13(16)14(17)6-10/h2-7,18-19H,8-9H2,1H3. The molecule has 0 radical (unpaired) electrons. The van der Waals surface area contributed by atoms with Crippen LogP contribution in [-0.2, 0) is 13.1 Å². The lowest BCUT2D eigenvalue weighted by Gasteiger charge is -2.09. The Hall–Kier alpha value is -2.14. The first-order valence-electron chi connectivity index (χ1n) is 6.10. The molecule has 0 aliphatic carbocycles. The second-order valence-corrected chi connectivity index (χ2v) is 4.35. The highest BCUT2D eigenvalue weighted by atomic mass is 19.2. The molecule has 0 aliphatic heterocycles. The summed E-state index contributed by atoms with van der Waals surface area (Å²) in [6.45, 7) is 0.760. The zero-order chi connectivity index (χ0) is 14.5. The van der Waals surface area contributed by atoms with Gasteiger partial charge in [-0.25, -0.2) is 8.78 Å². The second-order valence-electron chi connectivity index (χ2n) is 4.35. The van der Waals surface area contributed by atoms with Crippen molar-refractivity contribution in [2.75, 3.05) is 7.11 Å². The van der Waals surface area contributed by atoms with Crippen LogP contribution in [0.5, 0.6) is 11.5 Å². The van der Waals surface area contributed by atoms with E-state index < -0.39 is 11.6 Å². The summed E-state index contributed by atoms with van der Waals surface area (Å²) in [6.07, 6.45) is 0. The zero-order valence-corrected chi connectivity index (χ0v) is 11.0. The molecule has 0 unspecified atom stereocenters. The number of halogens is 2. The van der Waals surface area contributed by atoms with Crippen molar-refractivity contribution < 1.29 is 18.6 Å². The zero-order valence-electron chi connectivity index (χ0n) is 11.0. The fraction of sp³-hybridized carbons (Fsp3) is 0.200. The second kappa shape index (κ2) is 6.34. The molecule has 0 amide bonds. The van der Waals surface area contributed by atoms with Crippen LogP contribution in [0.1, 0.15) is 11.1 Å². The molecule has 2 rings (SSSR count). The Kier molecular flexibility index (Phi) is 4.53. The summed E-state index contributed by atoms with van der Waals surface area (Å²) in [5.41, 5.74) is 1.30. The molecule has 2 N–H and O–H groups in total. The number of hydrogen-bond donors (Lipinski definition) is 2. The van der Waals surface area contributed by atoms with E-state index >= 15 is 0 Å². The van der Waals surface area contributed by atoms with E-state index in [4.69, 9.17) is 4.74 Å². The minimum Gasteiger partial charge on any atom is -0.508 e. The maximum atomic E-state index is 13.0. The minimum atomic E-state index is -0.867. The van der Waals surface area contributed by atoms with E-state index in [9.17, 15) is 13.9 Å². The number of rotatable bonds is 5. The van der Waals surface area contributed by atoms with Gasteiger partial charge in [0.15, 0.2) is 11.6 Å². The topological polar surface area (TPSA) is 41.5 Å². The van der Waals surface area contributed by atoms with Crippen LogP contribution in [0.15, 0.2) is 36.4 Å². The van der Waals surface area contributed by atoms with E-state index in [0.717, 1.165) is 12.1 Å². The number of phenolic OH excluding ortho intramolecular Hbond substituents is 1. The number of benzene rings is 2. The fourth-order valence-corrected chi connectivity index (χ4v) is 1.82. The van der Waals surface area contributed by atoms with Crippen LogP contribution in [0, 0.1) is 11.6 Å². The molecule has 3 nitrogen and oxygen atoms in total. The maximum absolute atomic E-state index is 13.0. The van der Waals surface area contributed by atoms with Gasteiger partial charge in [0.05, 0.1) is 7.11 Å². The van der Waals surface area contributed by atoms with E-state index in [1.807, 2.05) is 0 Å². The molecule has 0 heterocycles. The summed E-state index contributed by atoms with van der Waals surface area (Å²) in [7, 11) is 1.55. The predicted molar refractivity (Wildman–Crippen MR) is 71.6 cm³/mol. The molecule has 5 heteroatoms. The molecule has 0 aromatic heterocycles. The first kappa shape index (κ1) is 14.3. The summed E-state index contributed by atoms with van der Waals surface area (Å²) >= 11 is 0. The molecule has 20 heavy (non-hydrogen) atoms. The van der Waals surface area contributed by atoms with Crippen LogP contribution in [0.4, 0.5) is 8.78 Å².